The van der Waals surface area contributed by atoms with Crippen molar-refractivity contribution in [3.63, 3.8) is 0 Å². The van der Waals surface area contributed by atoms with Gasteiger partial charge in [0.25, 0.3) is 5.91 Å². The number of para-hydroxylation sites is 1. The Hall–Kier alpha value is -2.43. The number of amides is 1. The van der Waals surface area contributed by atoms with Gasteiger partial charge in [-0.1, -0.05) is 39.0 Å². The maximum absolute atomic E-state index is 12.4. The number of nitrogens with one attached hydrogen (secondary N) is 2. The highest BCUT2D eigenvalue weighted by atomic mass is 16.1. The minimum absolute atomic E-state index is 0.114. The van der Waals surface area contributed by atoms with Crippen molar-refractivity contribution in [1.82, 2.24) is 15.3 Å². The minimum Gasteiger partial charge on any atom is -0.348 e. The summed E-state index contributed by atoms with van der Waals surface area (Å²) in [6.07, 6.45) is 0.877. The van der Waals surface area contributed by atoms with Crippen LogP contribution in [0, 0.1) is 13.8 Å². The third-order valence-corrected chi connectivity index (χ3v) is 4.24. The summed E-state index contributed by atoms with van der Waals surface area (Å²) in [7, 11) is 0. The van der Waals surface area contributed by atoms with Gasteiger partial charge >= 0.3 is 0 Å². The van der Waals surface area contributed by atoms with Crippen molar-refractivity contribution in [3.8, 4) is 0 Å². The molecule has 25 heavy (non-hydrogen) atoms. The number of carbonyl (C=O) groups is 1. The monoisotopic (exact) mass is 340 g/mol. The average Bonchev–Trinajstić information content (AvgIpc) is 2.55. The van der Waals surface area contributed by atoms with Gasteiger partial charge in [-0.2, -0.15) is 0 Å². The van der Waals surface area contributed by atoms with Gasteiger partial charge in [0.2, 0.25) is 5.95 Å². The molecule has 0 fully saturated rings. The average molecular weight is 340 g/mol. The second-order valence-corrected chi connectivity index (χ2v) is 6.82. The summed E-state index contributed by atoms with van der Waals surface area (Å²) in [5.74, 6) is 0.655. The van der Waals surface area contributed by atoms with E-state index in [1.807, 2.05) is 20.8 Å². The van der Waals surface area contributed by atoms with Crippen LogP contribution in [0.1, 0.15) is 67.3 Å². The smallest absolute Gasteiger partial charge is 0.270 e. The van der Waals surface area contributed by atoms with Crippen LogP contribution >= 0.6 is 0 Å². The highest BCUT2D eigenvalue weighted by Gasteiger charge is 2.15. The Morgan fingerprint density at radius 1 is 1.16 bits per heavy atom. The fourth-order valence-corrected chi connectivity index (χ4v) is 2.59. The first-order valence-electron chi connectivity index (χ1n) is 8.84. The number of anilines is 2. The summed E-state index contributed by atoms with van der Waals surface area (Å²) in [4.78, 5) is 21.3. The van der Waals surface area contributed by atoms with E-state index >= 15 is 0 Å². The minimum atomic E-state index is -0.170. The van der Waals surface area contributed by atoms with Crippen LogP contribution in [0.3, 0.4) is 0 Å². The normalized spacial score (nSPS) is 12.1. The molecule has 5 nitrogen and oxygen atoms in total. The zero-order valence-electron chi connectivity index (χ0n) is 16.0. The molecule has 0 aliphatic rings. The molecule has 1 aromatic carbocycles. The van der Waals surface area contributed by atoms with Gasteiger partial charge in [0, 0.05) is 17.4 Å². The molecule has 0 radical (unpaired) electrons. The molecule has 0 bridgehead atoms. The second-order valence-electron chi connectivity index (χ2n) is 6.82. The van der Waals surface area contributed by atoms with E-state index in [0.717, 1.165) is 23.4 Å². The molecule has 1 aromatic heterocycles. The molecule has 0 spiro atoms. The zero-order valence-corrected chi connectivity index (χ0v) is 16.0. The molecule has 1 heterocycles. The Kier molecular flexibility index (Phi) is 6.12. The van der Waals surface area contributed by atoms with E-state index in [-0.39, 0.29) is 11.9 Å². The first-order chi connectivity index (χ1) is 11.8. The third-order valence-electron chi connectivity index (χ3n) is 4.24. The standard InChI is InChI=1S/C20H28N4O/c1-7-14(5)21-19(25)17-11-15(6)22-20(23-17)24-18-13(4)9-8-10-16(18)12(2)3/h8-12,14H,7H2,1-6H3,(H,21,25)(H,22,23,24). The zero-order chi connectivity index (χ0) is 18.6. The fraction of sp³-hybridized carbons (Fsp3) is 0.450. The summed E-state index contributed by atoms with van der Waals surface area (Å²) in [5, 5.41) is 6.27. The summed E-state index contributed by atoms with van der Waals surface area (Å²) < 4.78 is 0. The van der Waals surface area contributed by atoms with E-state index < -0.39 is 0 Å². The molecule has 0 saturated heterocycles. The maximum Gasteiger partial charge on any atom is 0.270 e. The van der Waals surface area contributed by atoms with Crippen LogP contribution in [0.2, 0.25) is 0 Å². The summed E-state index contributed by atoms with van der Waals surface area (Å²) in [5.41, 5.74) is 4.48. The van der Waals surface area contributed by atoms with Crippen molar-refractivity contribution in [2.24, 2.45) is 0 Å². The predicted molar refractivity (Wildman–Crippen MR) is 103 cm³/mol. The number of rotatable bonds is 6. The van der Waals surface area contributed by atoms with Crippen molar-refractivity contribution in [1.29, 1.82) is 0 Å². The van der Waals surface area contributed by atoms with E-state index in [9.17, 15) is 4.79 Å². The molecule has 0 saturated carbocycles. The summed E-state index contributed by atoms with van der Waals surface area (Å²) in [6.45, 7) is 12.3. The van der Waals surface area contributed by atoms with Gasteiger partial charge in [-0.3, -0.25) is 4.79 Å². The van der Waals surface area contributed by atoms with Crippen molar-refractivity contribution < 1.29 is 4.79 Å². The number of nitrogens with zero attached hydrogens (tertiary/aromatic N) is 2. The third kappa shape index (κ3) is 4.78. The SMILES string of the molecule is CCC(C)NC(=O)c1cc(C)nc(Nc2c(C)cccc2C(C)C)n1. The summed E-state index contributed by atoms with van der Waals surface area (Å²) >= 11 is 0. The van der Waals surface area contributed by atoms with Crippen molar-refractivity contribution in [2.45, 2.75) is 59.9 Å². The first-order valence-corrected chi connectivity index (χ1v) is 8.84. The van der Waals surface area contributed by atoms with Crippen LogP contribution < -0.4 is 10.6 Å². The number of hydrogen-bond acceptors (Lipinski definition) is 4. The van der Waals surface area contributed by atoms with Gasteiger partial charge in [-0.25, -0.2) is 9.97 Å². The lowest BCUT2D eigenvalue weighted by Crippen LogP contribution is -2.32. The quantitative estimate of drug-likeness (QED) is 0.813. The second kappa shape index (κ2) is 8.10. The van der Waals surface area contributed by atoms with Crippen LogP contribution in [-0.2, 0) is 0 Å². The van der Waals surface area contributed by atoms with Crippen LogP contribution in [0.5, 0.6) is 0 Å². The van der Waals surface area contributed by atoms with E-state index in [1.165, 1.54) is 5.56 Å². The Morgan fingerprint density at radius 2 is 1.88 bits per heavy atom. The molecule has 1 amide bonds. The number of carbonyl (C=O) groups excluding carboxylic acids is 1. The molecule has 2 rings (SSSR count). The summed E-state index contributed by atoms with van der Waals surface area (Å²) in [6, 6.07) is 8.04. The Bertz CT molecular complexity index is 755. The number of aromatic nitrogens is 2. The van der Waals surface area contributed by atoms with Crippen molar-refractivity contribution in [3.05, 3.63) is 46.8 Å². The molecule has 1 atom stereocenters. The molecule has 1 unspecified atom stereocenters. The van der Waals surface area contributed by atoms with E-state index in [4.69, 9.17) is 0 Å². The molecule has 2 N–H and O–H groups in total. The highest BCUT2D eigenvalue weighted by molar-refractivity contribution is 5.92. The number of hydrogen-bond donors (Lipinski definition) is 2. The van der Waals surface area contributed by atoms with Gasteiger partial charge in [0.1, 0.15) is 5.69 Å². The lowest BCUT2D eigenvalue weighted by Gasteiger charge is -2.17. The highest BCUT2D eigenvalue weighted by Crippen LogP contribution is 2.29. The molecule has 0 aliphatic heterocycles. The van der Waals surface area contributed by atoms with E-state index in [1.54, 1.807) is 6.07 Å². The maximum atomic E-state index is 12.4. The lowest BCUT2D eigenvalue weighted by atomic mass is 9.98. The topological polar surface area (TPSA) is 66.9 Å². The van der Waals surface area contributed by atoms with Crippen molar-refractivity contribution in [2.75, 3.05) is 5.32 Å². The van der Waals surface area contributed by atoms with E-state index in [2.05, 4.69) is 59.6 Å². The van der Waals surface area contributed by atoms with Gasteiger partial charge in [0.15, 0.2) is 0 Å². The lowest BCUT2D eigenvalue weighted by molar-refractivity contribution is 0.0934. The fourth-order valence-electron chi connectivity index (χ4n) is 2.59. The number of aryl methyl sites for hydroxylation is 2. The Morgan fingerprint density at radius 3 is 2.52 bits per heavy atom. The van der Waals surface area contributed by atoms with Gasteiger partial charge in [-0.15, -0.1) is 0 Å². The molecule has 134 valence electrons. The Labute approximate surface area is 150 Å². The predicted octanol–water partition coefficient (Wildman–Crippen LogP) is 4.49. The van der Waals surface area contributed by atoms with Crippen LogP contribution in [-0.4, -0.2) is 21.9 Å². The van der Waals surface area contributed by atoms with Crippen LogP contribution in [0.25, 0.3) is 0 Å². The van der Waals surface area contributed by atoms with Gasteiger partial charge in [-0.05, 0) is 50.3 Å². The van der Waals surface area contributed by atoms with Gasteiger partial charge in [0.05, 0.1) is 0 Å². The first kappa shape index (κ1) is 18.9. The van der Waals surface area contributed by atoms with Crippen LogP contribution in [0.15, 0.2) is 24.3 Å². The molecular weight excluding hydrogens is 312 g/mol. The molecular formula is C20H28N4O. The van der Waals surface area contributed by atoms with Crippen molar-refractivity contribution >= 4 is 17.5 Å². The largest absolute Gasteiger partial charge is 0.348 e. The Balaban J connectivity index is 2.34. The van der Waals surface area contributed by atoms with E-state index in [0.29, 0.717) is 17.6 Å². The number of benzene rings is 1. The molecule has 2 aromatic rings. The molecule has 0 aliphatic carbocycles. The van der Waals surface area contributed by atoms with Crippen LogP contribution in [0.4, 0.5) is 11.6 Å². The van der Waals surface area contributed by atoms with Gasteiger partial charge < -0.3 is 10.6 Å². The molecule has 5 heteroatoms.